The minimum Gasteiger partial charge on any atom is -0.497 e. The third kappa shape index (κ3) is 3.54. The Kier molecular flexibility index (Phi) is 5.72. The van der Waals surface area contributed by atoms with Gasteiger partial charge < -0.3 is 19.9 Å². The van der Waals surface area contributed by atoms with Gasteiger partial charge in [-0.15, -0.1) is 0 Å². The number of likely N-dealkylation sites (N-methyl/N-ethyl adjacent to an activating group) is 1. The van der Waals surface area contributed by atoms with Crippen LogP contribution in [0.5, 0.6) is 5.75 Å². The van der Waals surface area contributed by atoms with E-state index >= 15 is 0 Å². The van der Waals surface area contributed by atoms with Crippen LogP contribution in [0.1, 0.15) is 33.1 Å². The third-order valence-corrected chi connectivity index (χ3v) is 6.12. The van der Waals surface area contributed by atoms with Crippen LogP contribution in [-0.2, 0) is 13.1 Å². The molecule has 0 unspecified atom stereocenters. The highest BCUT2D eigenvalue weighted by Crippen LogP contribution is 2.37. The maximum absolute atomic E-state index is 11.6. The highest BCUT2D eigenvalue weighted by Gasteiger charge is 2.30. The fraction of sp³-hybridized carbons (Fsp3) is 0.273. The second-order valence-electron chi connectivity index (χ2n) is 7.27. The van der Waals surface area contributed by atoms with Crippen molar-refractivity contribution in [3.8, 4) is 5.75 Å². The number of thiocarbonyl (C=S) groups is 1. The number of ether oxygens (including phenoxy) is 1. The summed E-state index contributed by atoms with van der Waals surface area (Å²) < 4.78 is 7.77. The van der Waals surface area contributed by atoms with E-state index in [1.807, 2.05) is 25.2 Å². The minimum absolute atomic E-state index is 0.0835. The second-order valence-corrected chi connectivity index (χ2v) is 7.71. The van der Waals surface area contributed by atoms with Gasteiger partial charge in [-0.3, -0.25) is 10.0 Å². The molecule has 0 aliphatic carbocycles. The van der Waals surface area contributed by atoms with Gasteiger partial charge in [0.25, 0.3) is 5.91 Å². The van der Waals surface area contributed by atoms with Crippen LogP contribution in [0.3, 0.4) is 0 Å². The summed E-state index contributed by atoms with van der Waals surface area (Å²) in [7, 11) is 3.53. The van der Waals surface area contributed by atoms with Crippen LogP contribution in [0, 0.1) is 0 Å². The van der Waals surface area contributed by atoms with Crippen molar-refractivity contribution >= 4 is 34.0 Å². The maximum atomic E-state index is 11.6. The lowest BCUT2D eigenvalue weighted by molar-refractivity contribution is 0.0706. The number of fused-ring (bicyclic) bond motifs is 3. The van der Waals surface area contributed by atoms with Crippen molar-refractivity contribution in [1.82, 2.24) is 20.7 Å². The first-order valence-electron chi connectivity index (χ1n) is 9.72. The van der Waals surface area contributed by atoms with E-state index in [0.29, 0.717) is 12.1 Å². The summed E-state index contributed by atoms with van der Waals surface area (Å²) in [5.41, 5.74) is 6.67. The third-order valence-electron chi connectivity index (χ3n) is 5.63. The summed E-state index contributed by atoms with van der Waals surface area (Å²) in [6.45, 7) is 2.19. The van der Waals surface area contributed by atoms with E-state index in [-0.39, 0.29) is 5.92 Å². The van der Waals surface area contributed by atoms with Gasteiger partial charge in [-0.25, -0.2) is 5.48 Å². The molecule has 1 aliphatic heterocycles. The Labute approximate surface area is 180 Å². The fourth-order valence-electron chi connectivity index (χ4n) is 4.14. The Bertz CT molecular complexity index is 1110. The highest BCUT2D eigenvalue weighted by molar-refractivity contribution is 7.80. The molecular weight excluding hydrogens is 400 g/mol. The number of nitrogens with one attached hydrogen (secondary N) is 3. The molecule has 4 N–H and O–H groups in total. The number of carbonyl (C=O) groups excluding carboxylic acids is 1. The molecule has 0 spiro atoms. The SMILES string of the molecule is CNC(=S)[C@@H]1CNCc2c1c1cc(OC)ccc1n2Cc1ccc(C(=O)NO)cc1. The molecule has 0 radical (unpaired) electrons. The van der Waals surface area contributed by atoms with Crippen LogP contribution in [0.25, 0.3) is 10.9 Å². The van der Waals surface area contributed by atoms with Crippen molar-refractivity contribution in [2.75, 3.05) is 20.7 Å². The van der Waals surface area contributed by atoms with E-state index in [2.05, 4.69) is 27.3 Å². The first-order valence-corrected chi connectivity index (χ1v) is 10.1. The van der Waals surface area contributed by atoms with Gasteiger partial charge >= 0.3 is 0 Å². The first kappa shape index (κ1) is 20.3. The molecule has 8 heteroatoms. The van der Waals surface area contributed by atoms with Gasteiger partial charge in [0.2, 0.25) is 0 Å². The zero-order chi connectivity index (χ0) is 21.3. The molecule has 0 saturated carbocycles. The largest absolute Gasteiger partial charge is 0.497 e. The van der Waals surface area contributed by atoms with Crippen molar-refractivity contribution in [2.24, 2.45) is 0 Å². The molecule has 2 aromatic carbocycles. The quantitative estimate of drug-likeness (QED) is 0.286. The molecule has 2 heterocycles. The number of hydroxylamine groups is 1. The van der Waals surface area contributed by atoms with Crippen molar-refractivity contribution in [3.05, 3.63) is 64.8 Å². The lowest BCUT2D eigenvalue weighted by Gasteiger charge is -2.26. The molecule has 4 rings (SSSR count). The van der Waals surface area contributed by atoms with Gasteiger partial charge in [0.05, 0.1) is 12.1 Å². The van der Waals surface area contributed by atoms with Gasteiger partial charge in [0.1, 0.15) is 5.75 Å². The smallest absolute Gasteiger partial charge is 0.274 e. The van der Waals surface area contributed by atoms with Crippen LogP contribution < -0.4 is 20.9 Å². The zero-order valence-electron chi connectivity index (χ0n) is 16.9. The normalized spacial score (nSPS) is 15.5. The molecule has 30 heavy (non-hydrogen) atoms. The molecule has 1 aliphatic rings. The van der Waals surface area contributed by atoms with Gasteiger partial charge in [-0.1, -0.05) is 24.4 Å². The summed E-state index contributed by atoms with van der Waals surface area (Å²) in [6, 6.07) is 13.3. The number of methoxy groups -OCH3 is 1. The fourth-order valence-corrected chi connectivity index (χ4v) is 4.34. The molecule has 0 bridgehead atoms. The van der Waals surface area contributed by atoms with Crippen molar-refractivity contribution in [3.63, 3.8) is 0 Å². The zero-order valence-corrected chi connectivity index (χ0v) is 17.7. The molecule has 7 nitrogen and oxygen atoms in total. The van der Waals surface area contributed by atoms with E-state index in [9.17, 15) is 4.79 Å². The summed E-state index contributed by atoms with van der Waals surface area (Å²) in [6.07, 6.45) is 0. The first-order chi connectivity index (χ1) is 14.6. The van der Waals surface area contributed by atoms with Crippen molar-refractivity contribution < 1.29 is 14.7 Å². The van der Waals surface area contributed by atoms with Crippen LogP contribution in [0.4, 0.5) is 0 Å². The van der Waals surface area contributed by atoms with Crippen molar-refractivity contribution in [1.29, 1.82) is 0 Å². The predicted molar refractivity (Wildman–Crippen MR) is 119 cm³/mol. The predicted octanol–water partition coefficient (Wildman–Crippen LogP) is 2.55. The Morgan fingerprint density at radius 3 is 2.73 bits per heavy atom. The summed E-state index contributed by atoms with van der Waals surface area (Å²) in [5.74, 6) is 0.375. The van der Waals surface area contributed by atoms with Gasteiger partial charge in [0.15, 0.2) is 0 Å². The van der Waals surface area contributed by atoms with Gasteiger partial charge in [-0.05, 0) is 41.5 Å². The number of aromatic nitrogens is 1. The number of hydrogen-bond acceptors (Lipinski definition) is 5. The number of hydrogen-bond donors (Lipinski definition) is 4. The summed E-state index contributed by atoms with van der Waals surface area (Å²) >= 11 is 5.61. The number of amides is 1. The minimum atomic E-state index is -0.523. The van der Waals surface area contributed by atoms with Crippen LogP contribution in [-0.4, -0.2) is 41.4 Å². The van der Waals surface area contributed by atoms with Crippen molar-refractivity contribution in [2.45, 2.75) is 19.0 Å². The number of nitrogens with zero attached hydrogens (tertiary/aromatic N) is 1. The van der Waals surface area contributed by atoms with Gasteiger partial charge in [-0.2, -0.15) is 0 Å². The Morgan fingerprint density at radius 2 is 2.07 bits per heavy atom. The van der Waals surface area contributed by atoms with Crippen LogP contribution >= 0.6 is 12.2 Å². The second kappa shape index (κ2) is 8.43. The molecule has 1 atom stereocenters. The lowest BCUT2D eigenvalue weighted by atomic mass is 9.92. The van der Waals surface area contributed by atoms with Gasteiger partial charge in [0, 0.05) is 54.8 Å². The molecular formula is C22H24N4O3S. The highest BCUT2D eigenvalue weighted by atomic mass is 32.1. The molecule has 0 fully saturated rings. The summed E-state index contributed by atoms with van der Waals surface area (Å²) in [5, 5.41) is 16.6. The topological polar surface area (TPSA) is 87.5 Å². The monoisotopic (exact) mass is 424 g/mol. The lowest BCUT2D eigenvalue weighted by Crippen LogP contribution is -2.37. The number of carbonyl (C=O) groups is 1. The van der Waals surface area contributed by atoms with E-state index in [1.54, 1.807) is 24.7 Å². The molecule has 1 amide bonds. The van der Waals surface area contributed by atoms with E-state index in [0.717, 1.165) is 40.3 Å². The molecule has 0 saturated heterocycles. The maximum Gasteiger partial charge on any atom is 0.274 e. The Morgan fingerprint density at radius 1 is 1.30 bits per heavy atom. The number of rotatable bonds is 5. The average Bonchev–Trinajstić information content (AvgIpc) is 3.11. The molecule has 1 aromatic heterocycles. The Hall–Kier alpha value is -2.94. The number of benzene rings is 2. The Balaban J connectivity index is 1.82. The average molecular weight is 425 g/mol. The van der Waals surface area contributed by atoms with Crippen LogP contribution in [0.2, 0.25) is 0 Å². The van der Waals surface area contributed by atoms with E-state index in [1.165, 1.54) is 11.3 Å². The summed E-state index contributed by atoms with van der Waals surface area (Å²) in [4.78, 5) is 12.4. The molecule has 3 aromatic rings. The van der Waals surface area contributed by atoms with Crippen LogP contribution in [0.15, 0.2) is 42.5 Å². The molecule has 156 valence electrons. The standard InChI is InChI=1S/C22H24N4O3S/c1-23-22(30)17-10-24-11-19-20(17)16-9-15(29-2)7-8-18(16)26(19)12-13-3-5-14(6-4-13)21(27)25-28/h3-9,17,24,28H,10-12H2,1-2H3,(H,23,30)(H,25,27)/t17-/m1/s1. The van der Waals surface area contributed by atoms with E-state index in [4.69, 9.17) is 22.2 Å². The van der Waals surface area contributed by atoms with E-state index < -0.39 is 5.91 Å².